The van der Waals surface area contributed by atoms with Crippen molar-refractivity contribution in [2.45, 2.75) is 26.2 Å². The zero-order valence-corrected chi connectivity index (χ0v) is 17.6. The Hall–Kier alpha value is -1.58. The van der Waals surface area contributed by atoms with E-state index in [-0.39, 0.29) is 5.41 Å². The third-order valence-corrected chi connectivity index (χ3v) is 5.67. The van der Waals surface area contributed by atoms with Crippen LogP contribution in [0.4, 0.5) is 0 Å². The number of aromatic nitrogens is 1. The Kier molecular flexibility index (Phi) is 4.04. The van der Waals surface area contributed by atoms with Gasteiger partial charge in [-0.3, -0.25) is 0 Å². The lowest BCUT2D eigenvalue weighted by molar-refractivity contribution is 0.590. The maximum Gasteiger partial charge on any atom is 0.0552 e. The van der Waals surface area contributed by atoms with Crippen LogP contribution in [0.3, 0.4) is 0 Å². The van der Waals surface area contributed by atoms with Crippen molar-refractivity contribution < 1.29 is 0 Å². The average Bonchev–Trinajstić information content (AvgIpc) is 2.86. The van der Waals surface area contributed by atoms with Crippen LogP contribution < -0.4 is 0 Å². The monoisotopic (exact) mass is 455 g/mol. The molecule has 1 nitrogen and oxygen atoms in total. The van der Waals surface area contributed by atoms with E-state index in [0.29, 0.717) is 0 Å². The smallest absolute Gasteiger partial charge is 0.0552 e. The first-order valence-corrected chi connectivity index (χ1v) is 9.93. The number of fused-ring (bicyclic) bond motifs is 3. The summed E-state index contributed by atoms with van der Waals surface area (Å²) in [6.07, 6.45) is 0. The van der Waals surface area contributed by atoms with E-state index in [2.05, 4.69) is 118 Å². The third kappa shape index (κ3) is 2.94. The number of rotatable bonds is 1. The van der Waals surface area contributed by atoms with Crippen molar-refractivity contribution in [2.75, 3.05) is 0 Å². The summed E-state index contributed by atoms with van der Waals surface area (Å²) >= 11 is 7.25. The lowest BCUT2D eigenvalue weighted by atomic mass is 9.87. The normalized spacial score (nSPS) is 12.2. The van der Waals surface area contributed by atoms with Crippen LogP contribution in [0.2, 0.25) is 0 Å². The van der Waals surface area contributed by atoms with E-state index >= 15 is 0 Å². The van der Waals surface area contributed by atoms with Crippen LogP contribution in [0.1, 0.15) is 26.3 Å². The van der Waals surface area contributed by atoms with Crippen LogP contribution in [-0.4, -0.2) is 4.57 Å². The quantitative estimate of drug-likeness (QED) is 0.277. The Morgan fingerprint density at radius 1 is 0.680 bits per heavy atom. The van der Waals surface area contributed by atoms with Crippen molar-refractivity contribution >= 4 is 53.7 Å². The Balaban J connectivity index is 2.04. The van der Waals surface area contributed by atoms with Crippen molar-refractivity contribution in [3.63, 3.8) is 0 Å². The third-order valence-electron chi connectivity index (χ3n) is 4.68. The molecular formula is C22H19Br2N. The molecule has 0 saturated heterocycles. The lowest BCUT2D eigenvalue weighted by Gasteiger charge is -2.19. The van der Waals surface area contributed by atoms with Gasteiger partial charge in [0.05, 0.1) is 11.0 Å². The van der Waals surface area contributed by atoms with Crippen LogP contribution in [0, 0.1) is 0 Å². The SMILES string of the molecule is CC(C)(C)c1ccc(-n2c3cc(Br)ccc3c3ccc(Br)cc32)cc1. The summed E-state index contributed by atoms with van der Waals surface area (Å²) < 4.78 is 4.52. The molecule has 0 bridgehead atoms. The van der Waals surface area contributed by atoms with E-state index in [1.165, 1.54) is 33.1 Å². The van der Waals surface area contributed by atoms with Crippen LogP contribution in [-0.2, 0) is 5.41 Å². The first-order chi connectivity index (χ1) is 11.8. The van der Waals surface area contributed by atoms with Crippen LogP contribution in [0.25, 0.3) is 27.5 Å². The Labute approximate surface area is 164 Å². The Morgan fingerprint density at radius 2 is 1.16 bits per heavy atom. The summed E-state index contributed by atoms with van der Waals surface area (Å²) in [6.45, 7) is 6.74. The molecule has 126 valence electrons. The molecule has 4 aromatic rings. The molecule has 0 aliphatic rings. The molecule has 0 atom stereocenters. The summed E-state index contributed by atoms with van der Waals surface area (Å²) in [6, 6.07) is 21.9. The lowest BCUT2D eigenvalue weighted by Crippen LogP contribution is -2.10. The molecule has 0 saturated carbocycles. The fourth-order valence-electron chi connectivity index (χ4n) is 3.35. The van der Waals surface area contributed by atoms with Crippen molar-refractivity contribution in [2.24, 2.45) is 0 Å². The molecule has 25 heavy (non-hydrogen) atoms. The molecule has 3 aromatic carbocycles. The van der Waals surface area contributed by atoms with Gasteiger partial charge >= 0.3 is 0 Å². The highest BCUT2D eigenvalue weighted by molar-refractivity contribution is 9.10. The molecule has 1 heterocycles. The minimum atomic E-state index is 0.158. The Bertz CT molecular complexity index is 1020. The number of hydrogen-bond acceptors (Lipinski definition) is 0. The van der Waals surface area contributed by atoms with E-state index in [4.69, 9.17) is 0 Å². The highest BCUT2D eigenvalue weighted by Gasteiger charge is 2.16. The topological polar surface area (TPSA) is 4.93 Å². The highest BCUT2D eigenvalue weighted by Crippen LogP contribution is 2.35. The van der Waals surface area contributed by atoms with Crippen molar-refractivity contribution in [3.8, 4) is 5.69 Å². The molecule has 0 aliphatic carbocycles. The van der Waals surface area contributed by atoms with E-state index in [0.717, 1.165) is 8.95 Å². The Morgan fingerprint density at radius 3 is 1.60 bits per heavy atom. The van der Waals surface area contributed by atoms with Gasteiger partial charge in [0.15, 0.2) is 0 Å². The predicted octanol–water partition coefficient (Wildman–Crippen LogP) is 7.61. The van der Waals surface area contributed by atoms with Gasteiger partial charge in [0.1, 0.15) is 0 Å². The molecule has 1 aromatic heterocycles. The van der Waals surface area contributed by atoms with Gasteiger partial charge in [0.25, 0.3) is 0 Å². The average molecular weight is 457 g/mol. The fraction of sp³-hybridized carbons (Fsp3) is 0.182. The molecule has 4 rings (SSSR count). The van der Waals surface area contributed by atoms with Gasteiger partial charge in [-0.2, -0.15) is 0 Å². The van der Waals surface area contributed by atoms with Gasteiger partial charge in [-0.1, -0.05) is 76.9 Å². The molecular weight excluding hydrogens is 438 g/mol. The maximum absolute atomic E-state index is 3.63. The predicted molar refractivity (Wildman–Crippen MR) is 115 cm³/mol. The summed E-state index contributed by atoms with van der Waals surface area (Å²) in [5, 5.41) is 2.54. The summed E-state index contributed by atoms with van der Waals surface area (Å²) in [5.74, 6) is 0. The van der Waals surface area contributed by atoms with Crippen molar-refractivity contribution in [1.82, 2.24) is 4.57 Å². The van der Waals surface area contributed by atoms with Gasteiger partial charge in [0.2, 0.25) is 0 Å². The number of hydrogen-bond donors (Lipinski definition) is 0. The molecule has 0 radical (unpaired) electrons. The minimum absolute atomic E-state index is 0.158. The van der Waals surface area contributed by atoms with Gasteiger partial charge < -0.3 is 4.57 Å². The van der Waals surface area contributed by atoms with Crippen molar-refractivity contribution in [1.29, 1.82) is 0 Å². The van der Waals surface area contributed by atoms with Gasteiger partial charge in [-0.25, -0.2) is 0 Å². The minimum Gasteiger partial charge on any atom is -0.309 e. The molecule has 0 amide bonds. The molecule has 0 N–H and O–H groups in total. The fourth-order valence-corrected chi connectivity index (χ4v) is 4.05. The van der Waals surface area contributed by atoms with E-state index in [9.17, 15) is 0 Å². The first kappa shape index (κ1) is 16.9. The van der Waals surface area contributed by atoms with Crippen LogP contribution in [0.15, 0.2) is 69.6 Å². The zero-order valence-electron chi connectivity index (χ0n) is 14.5. The standard InChI is InChI=1S/C22H19Br2N/c1-22(2,3)14-4-8-17(9-5-14)25-20-12-15(23)6-10-18(20)19-11-7-16(24)13-21(19)25/h4-13H,1-3H3. The second kappa shape index (κ2) is 6.00. The molecule has 3 heteroatoms. The second-order valence-electron chi connectivity index (χ2n) is 7.46. The maximum atomic E-state index is 3.63. The summed E-state index contributed by atoms with van der Waals surface area (Å²) in [5.41, 5.74) is 5.12. The largest absolute Gasteiger partial charge is 0.309 e. The number of halogens is 2. The van der Waals surface area contributed by atoms with Crippen LogP contribution >= 0.6 is 31.9 Å². The molecule has 0 spiro atoms. The second-order valence-corrected chi connectivity index (χ2v) is 9.29. The molecule has 0 unspecified atom stereocenters. The van der Waals surface area contributed by atoms with Crippen molar-refractivity contribution in [3.05, 3.63) is 75.2 Å². The van der Waals surface area contributed by atoms with Gasteiger partial charge in [-0.15, -0.1) is 0 Å². The molecule has 0 fully saturated rings. The van der Waals surface area contributed by atoms with Crippen LogP contribution in [0.5, 0.6) is 0 Å². The highest BCUT2D eigenvalue weighted by atomic mass is 79.9. The molecule has 0 aliphatic heterocycles. The number of benzene rings is 3. The zero-order chi connectivity index (χ0) is 17.8. The van der Waals surface area contributed by atoms with E-state index in [1.807, 2.05) is 0 Å². The summed E-state index contributed by atoms with van der Waals surface area (Å²) in [7, 11) is 0. The van der Waals surface area contributed by atoms with E-state index in [1.54, 1.807) is 0 Å². The first-order valence-electron chi connectivity index (χ1n) is 8.35. The van der Waals surface area contributed by atoms with Gasteiger partial charge in [-0.05, 0) is 47.4 Å². The summed E-state index contributed by atoms with van der Waals surface area (Å²) in [4.78, 5) is 0. The van der Waals surface area contributed by atoms with Gasteiger partial charge in [0, 0.05) is 25.4 Å². The van der Waals surface area contributed by atoms with E-state index < -0.39 is 0 Å². The number of nitrogens with zero attached hydrogens (tertiary/aromatic N) is 1.